The maximum Gasteiger partial charge on any atom is 0.143 e. The topological polar surface area (TPSA) is 37.8 Å². The van der Waals surface area contributed by atoms with E-state index in [4.69, 9.17) is 0 Å². The Balaban J connectivity index is 1.90. The number of benzene rings is 1. The Kier molecular flexibility index (Phi) is 4.03. The number of anilines is 1. The Morgan fingerprint density at radius 1 is 1.35 bits per heavy atom. The van der Waals surface area contributed by atoms with E-state index in [0.29, 0.717) is 6.54 Å². The van der Waals surface area contributed by atoms with E-state index in [2.05, 4.69) is 31.2 Å². The van der Waals surface area contributed by atoms with Crippen molar-refractivity contribution in [2.75, 3.05) is 11.9 Å². The highest BCUT2D eigenvalue weighted by Crippen LogP contribution is 2.16. The van der Waals surface area contributed by atoms with Gasteiger partial charge in [-0.25, -0.2) is 14.4 Å². The summed E-state index contributed by atoms with van der Waals surface area (Å²) in [6.07, 6.45) is 3.90. The van der Waals surface area contributed by atoms with E-state index in [1.165, 1.54) is 18.5 Å². The van der Waals surface area contributed by atoms with Gasteiger partial charge in [0.15, 0.2) is 0 Å². The van der Waals surface area contributed by atoms with Crippen LogP contribution in [0.5, 0.6) is 0 Å². The minimum atomic E-state index is -0.203. The molecule has 0 bridgehead atoms. The highest BCUT2D eigenvalue weighted by Gasteiger charge is 2.00. The van der Waals surface area contributed by atoms with Gasteiger partial charge in [0.05, 0.1) is 4.47 Å². The molecule has 0 saturated carbocycles. The molecule has 0 saturated heterocycles. The van der Waals surface area contributed by atoms with Crippen molar-refractivity contribution in [3.05, 3.63) is 52.6 Å². The maximum absolute atomic E-state index is 12.9. The van der Waals surface area contributed by atoms with E-state index in [1.807, 2.05) is 6.07 Å². The van der Waals surface area contributed by atoms with Crippen LogP contribution in [0.25, 0.3) is 0 Å². The Labute approximate surface area is 107 Å². The molecule has 0 unspecified atom stereocenters. The molecule has 1 N–H and O–H groups in total. The molecule has 0 atom stereocenters. The van der Waals surface area contributed by atoms with Gasteiger partial charge in [-0.1, -0.05) is 12.1 Å². The minimum Gasteiger partial charge on any atom is -0.369 e. The first-order chi connectivity index (χ1) is 8.25. The summed E-state index contributed by atoms with van der Waals surface area (Å²) >= 11 is 3.35. The van der Waals surface area contributed by atoms with Crippen LogP contribution in [-0.4, -0.2) is 16.5 Å². The number of nitrogens with one attached hydrogen (secondary N) is 1. The second kappa shape index (κ2) is 5.72. The number of rotatable bonds is 4. The number of halogens is 2. The van der Waals surface area contributed by atoms with E-state index in [-0.39, 0.29) is 5.82 Å². The summed E-state index contributed by atoms with van der Waals surface area (Å²) in [5, 5.41) is 3.16. The van der Waals surface area contributed by atoms with Gasteiger partial charge < -0.3 is 5.32 Å². The molecule has 1 aromatic heterocycles. The third-order valence-electron chi connectivity index (χ3n) is 2.26. The fourth-order valence-electron chi connectivity index (χ4n) is 1.46. The van der Waals surface area contributed by atoms with E-state index in [9.17, 15) is 4.39 Å². The standard InChI is InChI=1S/C12H11BrFN3/c13-11-7-15-8-17-12(11)16-5-4-9-2-1-3-10(14)6-9/h1-3,6-8H,4-5H2,(H,15,16,17). The molecule has 17 heavy (non-hydrogen) atoms. The van der Waals surface area contributed by atoms with Gasteiger partial charge in [-0.3, -0.25) is 0 Å². The van der Waals surface area contributed by atoms with Crippen molar-refractivity contribution >= 4 is 21.7 Å². The number of hydrogen-bond donors (Lipinski definition) is 1. The van der Waals surface area contributed by atoms with Crippen LogP contribution in [0.2, 0.25) is 0 Å². The molecule has 0 aliphatic carbocycles. The average molecular weight is 296 g/mol. The van der Waals surface area contributed by atoms with Crippen molar-refractivity contribution in [3.8, 4) is 0 Å². The third kappa shape index (κ3) is 3.49. The molecule has 3 nitrogen and oxygen atoms in total. The summed E-state index contributed by atoms with van der Waals surface area (Å²) in [6.45, 7) is 0.694. The molecular formula is C12H11BrFN3. The zero-order valence-electron chi connectivity index (χ0n) is 9.03. The summed E-state index contributed by atoms with van der Waals surface area (Å²) in [5.74, 6) is 0.544. The monoisotopic (exact) mass is 295 g/mol. The lowest BCUT2D eigenvalue weighted by atomic mass is 10.1. The van der Waals surface area contributed by atoms with Gasteiger partial charge in [-0.15, -0.1) is 0 Å². The van der Waals surface area contributed by atoms with Crippen LogP contribution in [0, 0.1) is 5.82 Å². The first-order valence-corrected chi connectivity index (χ1v) is 5.99. The van der Waals surface area contributed by atoms with Gasteiger partial charge in [0.2, 0.25) is 0 Å². The number of hydrogen-bond acceptors (Lipinski definition) is 3. The van der Waals surface area contributed by atoms with Crippen molar-refractivity contribution in [1.82, 2.24) is 9.97 Å². The molecule has 1 aromatic carbocycles. The van der Waals surface area contributed by atoms with Crippen molar-refractivity contribution in [3.63, 3.8) is 0 Å². The van der Waals surface area contributed by atoms with Gasteiger partial charge in [-0.05, 0) is 40.0 Å². The largest absolute Gasteiger partial charge is 0.369 e. The Morgan fingerprint density at radius 2 is 2.24 bits per heavy atom. The first-order valence-electron chi connectivity index (χ1n) is 5.19. The molecule has 0 aliphatic heterocycles. The molecular weight excluding hydrogens is 285 g/mol. The highest BCUT2D eigenvalue weighted by atomic mass is 79.9. The molecule has 2 aromatic rings. The smallest absolute Gasteiger partial charge is 0.143 e. The maximum atomic E-state index is 12.9. The molecule has 88 valence electrons. The summed E-state index contributed by atoms with van der Waals surface area (Å²) < 4.78 is 13.8. The lowest BCUT2D eigenvalue weighted by Crippen LogP contribution is -2.07. The second-order valence-corrected chi connectivity index (χ2v) is 4.38. The van der Waals surface area contributed by atoms with Crippen LogP contribution in [0.1, 0.15) is 5.56 Å². The lowest BCUT2D eigenvalue weighted by Gasteiger charge is -2.06. The molecule has 2 rings (SSSR count). The lowest BCUT2D eigenvalue weighted by molar-refractivity contribution is 0.625. The Hall–Kier alpha value is -1.49. The van der Waals surface area contributed by atoms with Gasteiger partial charge in [-0.2, -0.15) is 0 Å². The molecule has 0 radical (unpaired) electrons. The molecule has 1 heterocycles. The zero-order valence-corrected chi connectivity index (χ0v) is 10.6. The van der Waals surface area contributed by atoms with Crippen LogP contribution in [0.15, 0.2) is 41.3 Å². The van der Waals surface area contributed by atoms with E-state index >= 15 is 0 Å². The third-order valence-corrected chi connectivity index (χ3v) is 2.84. The normalized spacial score (nSPS) is 10.2. The average Bonchev–Trinajstić information content (AvgIpc) is 2.32. The van der Waals surface area contributed by atoms with Crippen LogP contribution < -0.4 is 5.32 Å². The zero-order chi connectivity index (χ0) is 12.1. The van der Waals surface area contributed by atoms with Crippen molar-refractivity contribution < 1.29 is 4.39 Å². The summed E-state index contributed by atoms with van der Waals surface area (Å²) in [4.78, 5) is 7.96. The predicted molar refractivity (Wildman–Crippen MR) is 68.3 cm³/mol. The van der Waals surface area contributed by atoms with Crippen LogP contribution in [-0.2, 0) is 6.42 Å². The quantitative estimate of drug-likeness (QED) is 0.942. The minimum absolute atomic E-state index is 0.203. The van der Waals surface area contributed by atoms with Crippen molar-refractivity contribution in [1.29, 1.82) is 0 Å². The molecule has 0 aliphatic rings. The van der Waals surface area contributed by atoms with Gasteiger partial charge in [0.1, 0.15) is 18.0 Å². The first kappa shape index (κ1) is 12.0. The summed E-state index contributed by atoms with van der Waals surface area (Å²) in [5.41, 5.74) is 0.961. The Morgan fingerprint density at radius 3 is 3.00 bits per heavy atom. The van der Waals surface area contributed by atoms with Gasteiger partial charge in [0.25, 0.3) is 0 Å². The summed E-state index contributed by atoms with van der Waals surface area (Å²) in [7, 11) is 0. The number of aromatic nitrogens is 2. The predicted octanol–water partition coefficient (Wildman–Crippen LogP) is 3.03. The molecule has 5 heteroatoms. The van der Waals surface area contributed by atoms with Crippen LogP contribution >= 0.6 is 15.9 Å². The van der Waals surface area contributed by atoms with Gasteiger partial charge in [0, 0.05) is 12.7 Å². The van der Waals surface area contributed by atoms with E-state index in [0.717, 1.165) is 22.3 Å². The number of nitrogens with zero attached hydrogens (tertiary/aromatic N) is 2. The summed E-state index contributed by atoms with van der Waals surface area (Å²) in [6, 6.07) is 6.60. The Bertz CT molecular complexity index is 505. The molecule has 0 spiro atoms. The highest BCUT2D eigenvalue weighted by molar-refractivity contribution is 9.10. The SMILES string of the molecule is Fc1cccc(CCNc2ncncc2Br)c1. The van der Waals surface area contributed by atoms with Crippen molar-refractivity contribution in [2.45, 2.75) is 6.42 Å². The fraction of sp³-hybridized carbons (Fsp3) is 0.167. The van der Waals surface area contributed by atoms with E-state index in [1.54, 1.807) is 12.3 Å². The van der Waals surface area contributed by atoms with Crippen LogP contribution in [0.3, 0.4) is 0 Å². The molecule has 0 amide bonds. The van der Waals surface area contributed by atoms with Gasteiger partial charge >= 0.3 is 0 Å². The van der Waals surface area contributed by atoms with E-state index < -0.39 is 0 Å². The van der Waals surface area contributed by atoms with Crippen LogP contribution in [0.4, 0.5) is 10.2 Å². The molecule has 0 fully saturated rings. The second-order valence-electron chi connectivity index (χ2n) is 3.53. The fourth-order valence-corrected chi connectivity index (χ4v) is 1.82. The van der Waals surface area contributed by atoms with Crippen molar-refractivity contribution in [2.24, 2.45) is 0 Å².